The van der Waals surface area contributed by atoms with Crippen LogP contribution in [0.15, 0.2) is 179 Å². The van der Waals surface area contributed by atoms with E-state index >= 15 is 0 Å². The minimum Gasteiger partial charge on any atom is -0.456 e. The molecule has 11 aromatic rings. The van der Waals surface area contributed by atoms with E-state index in [4.69, 9.17) is 8.83 Å². The Kier molecular flexibility index (Phi) is 5.70. The summed E-state index contributed by atoms with van der Waals surface area (Å²) in [5, 5.41) is 11.9. The first kappa shape index (κ1) is 27.3. The predicted octanol–water partition coefficient (Wildman–Crippen LogP) is 13.9. The summed E-state index contributed by atoms with van der Waals surface area (Å²) in [6.45, 7) is 0. The summed E-state index contributed by atoms with van der Waals surface area (Å²) in [4.78, 5) is 0. The molecule has 50 heavy (non-hydrogen) atoms. The Labute approximate surface area is 287 Å². The lowest BCUT2D eigenvalue weighted by Crippen LogP contribution is -1.91. The van der Waals surface area contributed by atoms with Gasteiger partial charge in [-0.2, -0.15) is 0 Å². The molecule has 0 unspecified atom stereocenters. The zero-order chi connectivity index (χ0) is 32.8. The second kappa shape index (κ2) is 10.4. The number of hydrogen-bond acceptors (Lipinski definition) is 2. The van der Waals surface area contributed by atoms with Gasteiger partial charge in [0.2, 0.25) is 0 Å². The molecule has 0 amide bonds. The van der Waals surface area contributed by atoms with Crippen LogP contribution in [0, 0.1) is 0 Å². The SMILES string of the molecule is c1cc(-c2ccc3ccccc3c2)cc(-c2c3ccccc3c(-c3ccc4oc5cc6oc7ccccc7c6cc5c4c3)c3ccccc23)c1. The first-order chi connectivity index (χ1) is 24.8. The normalized spacial score (nSPS) is 12.0. The molecule has 0 saturated carbocycles. The second-order valence-corrected chi connectivity index (χ2v) is 13.2. The van der Waals surface area contributed by atoms with Gasteiger partial charge < -0.3 is 8.83 Å². The number of fused-ring (bicyclic) bond motifs is 9. The predicted molar refractivity (Wildman–Crippen MR) is 210 cm³/mol. The molecule has 0 N–H and O–H groups in total. The van der Waals surface area contributed by atoms with Crippen LogP contribution in [0.4, 0.5) is 0 Å². The van der Waals surface area contributed by atoms with Crippen molar-refractivity contribution in [2.24, 2.45) is 0 Å². The molecule has 0 aliphatic rings. The van der Waals surface area contributed by atoms with Crippen LogP contribution in [-0.4, -0.2) is 0 Å². The molecule has 0 radical (unpaired) electrons. The minimum absolute atomic E-state index is 0.833. The fourth-order valence-corrected chi connectivity index (χ4v) is 8.12. The van der Waals surface area contributed by atoms with Crippen molar-refractivity contribution < 1.29 is 8.83 Å². The van der Waals surface area contributed by atoms with Crippen molar-refractivity contribution in [3.63, 3.8) is 0 Å². The molecule has 2 nitrogen and oxygen atoms in total. The van der Waals surface area contributed by atoms with Gasteiger partial charge in [0.15, 0.2) is 0 Å². The Morgan fingerprint density at radius 1 is 0.240 bits per heavy atom. The maximum Gasteiger partial charge on any atom is 0.139 e. The number of rotatable bonds is 3. The van der Waals surface area contributed by atoms with E-state index in [0.717, 1.165) is 43.9 Å². The third-order valence-corrected chi connectivity index (χ3v) is 10.4. The van der Waals surface area contributed by atoms with Crippen LogP contribution in [-0.2, 0) is 0 Å². The van der Waals surface area contributed by atoms with Crippen molar-refractivity contribution in [3.8, 4) is 33.4 Å². The average molecular weight is 637 g/mol. The van der Waals surface area contributed by atoms with Crippen LogP contribution in [0.25, 0.3) is 110 Å². The molecule has 9 aromatic carbocycles. The number of para-hydroxylation sites is 1. The van der Waals surface area contributed by atoms with E-state index in [-0.39, 0.29) is 0 Å². The summed E-state index contributed by atoms with van der Waals surface area (Å²) in [5.41, 5.74) is 10.7. The van der Waals surface area contributed by atoms with Crippen molar-refractivity contribution in [3.05, 3.63) is 170 Å². The van der Waals surface area contributed by atoms with E-state index in [0.29, 0.717) is 0 Å². The lowest BCUT2D eigenvalue weighted by Gasteiger charge is -2.18. The molecular formula is C48H28O2. The topological polar surface area (TPSA) is 26.3 Å². The van der Waals surface area contributed by atoms with E-state index in [1.807, 2.05) is 18.2 Å². The smallest absolute Gasteiger partial charge is 0.139 e. The van der Waals surface area contributed by atoms with Gasteiger partial charge in [0.05, 0.1) is 0 Å². The molecule has 11 rings (SSSR count). The van der Waals surface area contributed by atoms with Crippen molar-refractivity contribution >= 4 is 76.2 Å². The molecule has 2 aromatic heterocycles. The average Bonchev–Trinajstić information content (AvgIpc) is 3.72. The minimum atomic E-state index is 0.833. The van der Waals surface area contributed by atoms with Crippen molar-refractivity contribution in [2.45, 2.75) is 0 Å². The van der Waals surface area contributed by atoms with Gasteiger partial charge in [0.1, 0.15) is 22.3 Å². The Morgan fingerprint density at radius 2 is 0.740 bits per heavy atom. The fourth-order valence-electron chi connectivity index (χ4n) is 8.12. The molecule has 0 spiro atoms. The number of benzene rings is 9. The number of hydrogen-bond donors (Lipinski definition) is 0. The van der Waals surface area contributed by atoms with E-state index in [1.165, 1.54) is 65.7 Å². The van der Waals surface area contributed by atoms with Crippen LogP contribution in [0.3, 0.4) is 0 Å². The van der Waals surface area contributed by atoms with Gasteiger partial charge in [-0.1, -0.05) is 127 Å². The molecular weight excluding hydrogens is 609 g/mol. The van der Waals surface area contributed by atoms with Crippen LogP contribution in [0.2, 0.25) is 0 Å². The van der Waals surface area contributed by atoms with Crippen LogP contribution < -0.4 is 0 Å². The summed E-state index contributed by atoms with van der Waals surface area (Å²) in [6, 6.07) is 61.1. The zero-order valence-electron chi connectivity index (χ0n) is 27.0. The summed E-state index contributed by atoms with van der Waals surface area (Å²) < 4.78 is 12.6. The van der Waals surface area contributed by atoms with Gasteiger partial charge in [0.25, 0.3) is 0 Å². The molecule has 0 aliphatic carbocycles. The lowest BCUT2D eigenvalue weighted by atomic mass is 9.85. The van der Waals surface area contributed by atoms with E-state index in [2.05, 4.69) is 152 Å². The first-order valence-electron chi connectivity index (χ1n) is 17.1. The Hall–Kier alpha value is -6.64. The van der Waals surface area contributed by atoms with Crippen molar-refractivity contribution in [2.75, 3.05) is 0 Å². The van der Waals surface area contributed by atoms with E-state index < -0.39 is 0 Å². The monoisotopic (exact) mass is 636 g/mol. The van der Waals surface area contributed by atoms with E-state index in [1.54, 1.807) is 0 Å². The Bertz CT molecular complexity index is 3100. The van der Waals surface area contributed by atoms with Gasteiger partial charge in [-0.15, -0.1) is 0 Å². The Balaban J connectivity index is 1.14. The van der Waals surface area contributed by atoms with E-state index in [9.17, 15) is 0 Å². The summed E-state index contributed by atoms with van der Waals surface area (Å²) in [5.74, 6) is 0. The molecule has 0 saturated heterocycles. The van der Waals surface area contributed by atoms with Gasteiger partial charge in [-0.25, -0.2) is 0 Å². The van der Waals surface area contributed by atoms with Gasteiger partial charge in [-0.05, 0) is 102 Å². The maximum absolute atomic E-state index is 6.41. The molecule has 0 bridgehead atoms. The highest BCUT2D eigenvalue weighted by molar-refractivity contribution is 6.23. The molecule has 0 aliphatic heterocycles. The summed E-state index contributed by atoms with van der Waals surface area (Å²) >= 11 is 0. The maximum atomic E-state index is 6.41. The quantitative estimate of drug-likeness (QED) is 0.180. The highest BCUT2D eigenvalue weighted by Gasteiger charge is 2.19. The largest absolute Gasteiger partial charge is 0.456 e. The lowest BCUT2D eigenvalue weighted by molar-refractivity contribution is 0.656. The fraction of sp³-hybridized carbons (Fsp3) is 0. The highest BCUT2D eigenvalue weighted by Crippen LogP contribution is 2.46. The molecule has 232 valence electrons. The van der Waals surface area contributed by atoms with Crippen molar-refractivity contribution in [1.82, 2.24) is 0 Å². The standard InChI is InChI=1S/C48H28O2/c1-2-11-30-24-32(21-20-29(30)10-1)31-12-9-13-33(25-31)47-36-15-3-5-17-38(36)48(39-18-6-4-16-37(39)47)34-22-23-44-40(26-34)42-27-41-35-14-7-8-19-43(35)49-45(41)28-46(42)50-44/h1-28H. The highest BCUT2D eigenvalue weighted by atomic mass is 16.3. The summed E-state index contributed by atoms with van der Waals surface area (Å²) in [7, 11) is 0. The second-order valence-electron chi connectivity index (χ2n) is 13.2. The van der Waals surface area contributed by atoms with Gasteiger partial charge >= 0.3 is 0 Å². The number of furan rings is 2. The first-order valence-corrected chi connectivity index (χ1v) is 17.1. The summed E-state index contributed by atoms with van der Waals surface area (Å²) in [6.07, 6.45) is 0. The zero-order valence-corrected chi connectivity index (χ0v) is 27.0. The third-order valence-electron chi connectivity index (χ3n) is 10.4. The van der Waals surface area contributed by atoms with Gasteiger partial charge in [0, 0.05) is 27.6 Å². The molecule has 2 heteroatoms. The van der Waals surface area contributed by atoms with Crippen LogP contribution >= 0.6 is 0 Å². The molecule has 2 heterocycles. The third kappa shape index (κ3) is 4.03. The Morgan fingerprint density at radius 3 is 1.46 bits per heavy atom. The molecule has 0 atom stereocenters. The van der Waals surface area contributed by atoms with Crippen molar-refractivity contribution in [1.29, 1.82) is 0 Å². The van der Waals surface area contributed by atoms with Crippen LogP contribution in [0.5, 0.6) is 0 Å². The van der Waals surface area contributed by atoms with Gasteiger partial charge in [-0.3, -0.25) is 0 Å². The van der Waals surface area contributed by atoms with Crippen LogP contribution in [0.1, 0.15) is 0 Å². The molecule has 0 fully saturated rings.